The van der Waals surface area contributed by atoms with Gasteiger partial charge in [0.2, 0.25) is 0 Å². The van der Waals surface area contributed by atoms with Crippen LogP contribution in [0.4, 0.5) is 5.69 Å². The lowest BCUT2D eigenvalue weighted by molar-refractivity contribution is 0.322. The zero-order chi connectivity index (χ0) is 18.0. The van der Waals surface area contributed by atoms with Gasteiger partial charge in [0.05, 0.1) is 6.61 Å². The van der Waals surface area contributed by atoms with Crippen molar-refractivity contribution in [3.63, 3.8) is 0 Å². The van der Waals surface area contributed by atoms with Crippen LogP contribution < -0.4 is 14.8 Å². The van der Waals surface area contributed by atoms with Gasteiger partial charge in [0.15, 0.2) is 0 Å². The highest BCUT2D eigenvalue weighted by atomic mass is 16.5. The molecule has 0 fully saturated rings. The van der Waals surface area contributed by atoms with Crippen LogP contribution in [0.3, 0.4) is 0 Å². The summed E-state index contributed by atoms with van der Waals surface area (Å²) in [4.78, 5) is 0. The average Bonchev–Trinajstić information content (AvgIpc) is 2.67. The van der Waals surface area contributed by atoms with Gasteiger partial charge < -0.3 is 14.8 Å². The van der Waals surface area contributed by atoms with Crippen LogP contribution in [0.2, 0.25) is 0 Å². The van der Waals surface area contributed by atoms with Crippen molar-refractivity contribution in [1.82, 2.24) is 0 Å². The number of ether oxygens (including phenoxy) is 2. The molecule has 0 spiro atoms. The number of nitrogens with one attached hydrogen (secondary N) is 1. The SMILES string of the molecule is Cc1cccc(OCCNc2ccc(OCCc3ccccc3)cc2)c1. The van der Waals surface area contributed by atoms with Gasteiger partial charge in [-0.25, -0.2) is 0 Å². The molecule has 0 saturated heterocycles. The van der Waals surface area contributed by atoms with Crippen molar-refractivity contribution in [3.8, 4) is 11.5 Å². The van der Waals surface area contributed by atoms with E-state index in [4.69, 9.17) is 9.47 Å². The average molecular weight is 347 g/mol. The fraction of sp³-hybridized carbons (Fsp3) is 0.217. The van der Waals surface area contributed by atoms with Crippen LogP contribution in [0, 0.1) is 6.92 Å². The zero-order valence-corrected chi connectivity index (χ0v) is 15.2. The molecule has 0 bridgehead atoms. The van der Waals surface area contributed by atoms with E-state index in [2.05, 4.69) is 42.6 Å². The summed E-state index contributed by atoms with van der Waals surface area (Å²) in [5, 5.41) is 3.36. The van der Waals surface area contributed by atoms with Gasteiger partial charge in [-0.1, -0.05) is 42.5 Å². The van der Waals surface area contributed by atoms with Crippen molar-refractivity contribution in [2.24, 2.45) is 0 Å². The van der Waals surface area contributed by atoms with Gasteiger partial charge in [-0.3, -0.25) is 0 Å². The van der Waals surface area contributed by atoms with E-state index in [1.165, 1.54) is 11.1 Å². The Bertz CT molecular complexity index is 785. The van der Waals surface area contributed by atoms with Crippen LogP contribution in [0.1, 0.15) is 11.1 Å². The summed E-state index contributed by atoms with van der Waals surface area (Å²) in [6.07, 6.45) is 0.914. The van der Waals surface area contributed by atoms with E-state index < -0.39 is 0 Å². The van der Waals surface area contributed by atoms with Gasteiger partial charge >= 0.3 is 0 Å². The monoisotopic (exact) mass is 347 g/mol. The zero-order valence-electron chi connectivity index (χ0n) is 15.2. The van der Waals surface area contributed by atoms with Crippen molar-refractivity contribution >= 4 is 5.69 Å². The lowest BCUT2D eigenvalue weighted by Crippen LogP contribution is -2.11. The van der Waals surface area contributed by atoms with Gasteiger partial charge in [-0.15, -0.1) is 0 Å². The van der Waals surface area contributed by atoms with E-state index in [1.54, 1.807) is 0 Å². The molecule has 0 heterocycles. The van der Waals surface area contributed by atoms with Crippen molar-refractivity contribution < 1.29 is 9.47 Å². The topological polar surface area (TPSA) is 30.5 Å². The van der Waals surface area contributed by atoms with E-state index in [-0.39, 0.29) is 0 Å². The van der Waals surface area contributed by atoms with E-state index >= 15 is 0 Å². The summed E-state index contributed by atoms with van der Waals surface area (Å²) in [5.74, 6) is 1.80. The third-order valence-corrected chi connectivity index (χ3v) is 4.05. The van der Waals surface area contributed by atoms with E-state index in [0.29, 0.717) is 13.2 Å². The predicted octanol–water partition coefficient (Wildman–Crippen LogP) is 5.11. The molecular weight excluding hydrogens is 322 g/mol. The molecule has 0 radical (unpaired) electrons. The minimum atomic E-state index is 0.624. The van der Waals surface area contributed by atoms with E-state index in [1.807, 2.05) is 48.5 Å². The molecule has 0 aliphatic carbocycles. The van der Waals surface area contributed by atoms with E-state index in [0.717, 1.165) is 30.2 Å². The molecule has 0 atom stereocenters. The van der Waals surface area contributed by atoms with E-state index in [9.17, 15) is 0 Å². The molecule has 134 valence electrons. The van der Waals surface area contributed by atoms with Gasteiger partial charge in [0.25, 0.3) is 0 Å². The van der Waals surface area contributed by atoms with Crippen LogP contribution in [0.25, 0.3) is 0 Å². The van der Waals surface area contributed by atoms with Crippen molar-refractivity contribution in [1.29, 1.82) is 0 Å². The first-order valence-electron chi connectivity index (χ1n) is 9.00. The third kappa shape index (κ3) is 5.85. The van der Waals surface area contributed by atoms with Crippen molar-refractivity contribution in [2.45, 2.75) is 13.3 Å². The maximum atomic E-state index is 5.81. The number of hydrogen-bond acceptors (Lipinski definition) is 3. The number of anilines is 1. The second kappa shape index (κ2) is 9.52. The summed E-state index contributed by atoms with van der Waals surface area (Å²) < 4.78 is 11.5. The molecule has 3 aromatic rings. The van der Waals surface area contributed by atoms with Crippen molar-refractivity contribution in [3.05, 3.63) is 90.0 Å². The molecule has 3 heteroatoms. The highest BCUT2D eigenvalue weighted by Crippen LogP contribution is 2.16. The molecule has 1 N–H and O–H groups in total. The first-order valence-corrected chi connectivity index (χ1v) is 9.00. The van der Waals surface area contributed by atoms with Gasteiger partial charge in [0.1, 0.15) is 18.1 Å². The number of hydrogen-bond donors (Lipinski definition) is 1. The minimum absolute atomic E-state index is 0.624. The molecule has 3 rings (SSSR count). The second-order valence-corrected chi connectivity index (χ2v) is 6.20. The van der Waals surface area contributed by atoms with Gasteiger partial charge in [0, 0.05) is 18.7 Å². The standard InChI is InChI=1S/C23H25NO2/c1-19-6-5-9-23(18-19)26-17-15-24-21-10-12-22(13-11-21)25-16-14-20-7-3-2-4-8-20/h2-13,18,24H,14-17H2,1H3. The summed E-state index contributed by atoms with van der Waals surface area (Å²) in [6.45, 7) is 4.12. The fourth-order valence-electron chi connectivity index (χ4n) is 2.67. The molecule has 0 aromatic heterocycles. The van der Waals surface area contributed by atoms with Crippen LogP contribution in [0.15, 0.2) is 78.9 Å². The second-order valence-electron chi connectivity index (χ2n) is 6.20. The largest absolute Gasteiger partial charge is 0.493 e. The molecule has 0 unspecified atom stereocenters. The Morgan fingerprint density at radius 2 is 1.50 bits per heavy atom. The molecule has 0 aliphatic heterocycles. The van der Waals surface area contributed by atoms with Gasteiger partial charge in [-0.05, 0) is 54.4 Å². The van der Waals surface area contributed by atoms with Crippen LogP contribution in [-0.2, 0) is 6.42 Å². The Hall–Kier alpha value is -2.94. The first-order chi connectivity index (χ1) is 12.8. The Labute approximate surface area is 155 Å². The number of benzene rings is 3. The Morgan fingerprint density at radius 1 is 0.731 bits per heavy atom. The molecule has 3 nitrogen and oxygen atoms in total. The number of rotatable bonds is 9. The van der Waals surface area contributed by atoms with Crippen LogP contribution in [-0.4, -0.2) is 19.8 Å². The minimum Gasteiger partial charge on any atom is -0.493 e. The molecular formula is C23H25NO2. The predicted molar refractivity (Wildman–Crippen MR) is 107 cm³/mol. The maximum absolute atomic E-state index is 5.81. The highest BCUT2D eigenvalue weighted by Gasteiger charge is 1.98. The van der Waals surface area contributed by atoms with Crippen molar-refractivity contribution in [2.75, 3.05) is 25.1 Å². The molecule has 0 amide bonds. The lowest BCUT2D eigenvalue weighted by Gasteiger charge is -2.10. The molecule has 26 heavy (non-hydrogen) atoms. The third-order valence-electron chi connectivity index (χ3n) is 4.05. The lowest BCUT2D eigenvalue weighted by atomic mass is 10.2. The Morgan fingerprint density at radius 3 is 2.27 bits per heavy atom. The number of aryl methyl sites for hydroxylation is 1. The van der Waals surface area contributed by atoms with Crippen LogP contribution >= 0.6 is 0 Å². The highest BCUT2D eigenvalue weighted by molar-refractivity contribution is 5.46. The molecule has 3 aromatic carbocycles. The Kier molecular flexibility index (Phi) is 6.54. The molecule has 0 aliphatic rings. The summed E-state index contributed by atoms with van der Waals surface area (Å²) in [7, 11) is 0. The quantitative estimate of drug-likeness (QED) is 0.546. The van der Waals surface area contributed by atoms with Gasteiger partial charge in [-0.2, -0.15) is 0 Å². The molecule has 0 saturated carbocycles. The summed E-state index contributed by atoms with van der Waals surface area (Å²) >= 11 is 0. The normalized spacial score (nSPS) is 10.3. The van der Waals surface area contributed by atoms with Crippen LogP contribution in [0.5, 0.6) is 11.5 Å². The summed E-state index contributed by atoms with van der Waals surface area (Å²) in [5.41, 5.74) is 3.56. The fourth-order valence-corrected chi connectivity index (χ4v) is 2.67. The smallest absolute Gasteiger partial charge is 0.119 e. The summed E-state index contributed by atoms with van der Waals surface area (Å²) in [6, 6.07) is 26.5. The first kappa shape index (κ1) is 17.9. The maximum Gasteiger partial charge on any atom is 0.119 e. The Balaban J connectivity index is 1.36.